The van der Waals surface area contributed by atoms with Gasteiger partial charge in [0.25, 0.3) is 5.56 Å². The lowest BCUT2D eigenvalue weighted by Crippen LogP contribution is -2.33. The molecule has 4 nitrogen and oxygen atoms in total. The number of fused-ring (bicyclic) bond motifs is 1. The molecule has 0 saturated carbocycles. The molecule has 0 aliphatic carbocycles. The van der Waals surface area contributed by atoms with Crippen LogP contribution in [-0.2, 0) is 6.54 Å². The fourth-order valence-corrected chi connectivity index (χ4v) is 2.93. The Morgan fingerprint density at radius 2 is 2.00 bits per heavy atom. The van der Waals surface area contributed by atoms with Crippen LogP contribution >= 0.6 is 12.6 Å². The van der Waals surface area contributed by atoms with Gasteiger partial charge in [0.15, 0.2) is 0 Å². The summed E-state index contributed by atoms with van der Waals surface area (Å²) in [5.74, 6) is 0.788. The van der Waals surface area contributed by atoms with Gasteiger partial charge >= 0.3 is 0 Å². The molecular formula is C14H21N3OS. The summed E-state index contributed by atoms with van der Waals surface area (Å²) >= 11 is 4.47. The summed E-state index contributed by atoms with van der Waals surface area (Å²) < 4.78 is 3.44. The van der Waals surface area contributed by atoms with Crippen LogP contribution in [-0.4, -0.2) is 19.9 Å². The van der Waals surface area contributed by atoms with Crippen molar-refractivity contribution in [2.75, 3.05) is 5.75 Å². The Balaban J connectivity index is 2.46. The van der Waals surface area contributed by atoms with Crippen molar-refractivity contribution in [3.05, 3.63) is 34.5 Å². The van der Waals surface area contributed by atoms with E-state index in [1.807, 2.05) is 25.4 Å². The lowest BCUT2D eigenvalue weighted by atomic mass is 9.84. The zero-order chi connectivity index (χ0) is 14.0. The van der Waals surface area contributed by atoms with Gasteiger partial charge in [0.05, 0.1) is 5.69 Å². The van der Waals surface area contributed by atoms with Crippen molar-refractivity contribution in [1.29, 1.82) is 0 Å². The maximum Gasteiger partial charge on any atom is 0.276 e. The highest BCUT2D eigenvalue weighted by Crippen LogP contribution is 2.29. The predicted octanol–water partition coefficient (Wildman–Crippen LogP) is 2.54. The summed E-state index contributed by atoms with van der Waals surface area (Å²) in [6.45, 7) is 6.93. The van der Waals surface area contributed by atoms with Gasteiger partial charge in [-0.25, -0.2) is 4.52 Å². The molecule has 0 atom stereocenters. The van der Waals surface area contributed by atoms with Crippen molar-refractivity contribution < 1.29 is 0 Å². The van der Waals surface area contributed by atoms with Crippen LogP contribution in [0.1, 0.15) is 32.4 Å². The predicted molar refractivity (Wildman–Crippen MR) is 81.1 cm³/mol. The Labute approximate surface area is 118 Å². The van der Waals surface area contributed by atoms with Crippen molar-refractivity contribution in [3.63, 3.8) is 0 Å². The molecule has 2 heterocycles. The highest BCUT2D eigenvalue weighted by atomic mass is 32.1. The van der Waals surface area contributed by atoms with E-state index in [2.05, 4.69) is 31.6 Å². The van der Waals surface area contributed by atoms with Crippen molar-refractivity contribution in [2.24, 2.45) is 5.41 Å². The third kappa shape index (κ3) is 2.56. The summed E-state index contributed by atoms with van der Waals surface area (Å²) in [4.78, 5) is 12.4. The molecule has 0 bridgehead atoms. The van der Waals surface area contributed by atoms with Crippen LogP contribution in [0.25, 0.3) is 5.52 Å². The number of nitrogens with zero attached hydrogens (tertiary/aromatic N) is 3. The minimum Gasteiger partial charge on any atom is -0.312 e. The SMILES string of the molecule is CCC(CC)(CS)Cn1ccn2nc(C)cc2c1=O. The molecule has 104 valence electrons. The van der Waals surface area contributed by atoms with Crippen LogP contribution in [0, 0.1) is 12.3 Å². The topological polar surface area (TPSA) is 39.3 Å². The van der Waals surface area contributed by atoms with Gasteiger partial charge in [0.2, 0.25) is 0 Å². The van der Waals surface area contributed by atoms with Crippen LogP contribution in [0.15, 0.2) is 23.3 Å². The summed E-state index contributed by atoms with van der Waals surface area (Å²) in [5, 5.41) is 4.26. The molecular weight excluding hydrogens is 258 g/mol. The van der Waals surface area contributed by atoms with Crippen molar-refractivity contribution in [2.45, 2.75) is 40.2 Å². The van der Waals surface area contributed by atoms with Crippen molar-refractivity contribution >= 4 is 18.1 Å². The molecule has 0 unspecified atom stereocenters. The highest BCUT2D eigenvalue weighted by molar-refractivity contribution is 7.80. The highest BCUT2D eigenvalue weighted by Gasteiger charge is 2.25. The third-order valence-electron chi connectivity index (χ3n) is 4.07. The first-order valence-electron chi connectivity index (χ1n) is 6.71. The van der Waals surface area contributed by atoms with Crippen LogP contribution in [0.5, 0.6) is 0 Å². The minimum atomic E-state index is 0.0242. The van der Waals surface area contributed by atoms with E-state index in [1.165, 1.54) is 0 Å². The summed E-state index contributed by atoms with van der Waals surface area (Å²) in [6.07, 6.45) is 5.70. The Morgan fingerprint density at radius 1 is 1.32 bits per heavy atom. The molecule has 2 rings (SSSR count). The number of aromatic nitrogens is 3. The molecule has 0 aromatic carbocycles. The molecule has 0 fully saturated rings. The molecule has 0 saturated heterocycles. The average molecular weight is 279 g/mol. The second-order valence-electron chi connectivity index (χ2n) is 5.21. The first-order chi connectivity index (χ1) is 9.05. The van der Waals surface area contributed by atoms with E-state index in [9.17, 15) is 4.79 Å². The Bertz CT molecular complexity index is 617. The van der Waals surface area contributed by atoms with Crippen LogP contribution in [0.3, 0.4) is 0 Å². The lowest BCUT2D eigenvalue weighted by Gasteiger charge is -2.30. The van der Waals surface area contributed by atoms with Gasteiger partial charge in [-0.05, 0) is 37.0 Å². The van der Waals surface area contributed by atoms with Crippen LogP contribution in [0.2, 0.25) is 0 Å². The van der Waals surface area contributed by atoms with E-state index < -0.39 is 0 Å². The van der Waals surface area contributed by atoms with E-state index >= 15 is 0 Å². The molecule has 0 radical (unpaired) electrons. The van der Waals surface area contributed by atoms with E-state index in [4.69, 9.17) is 0 Å². The van der Waals surface area contributed by atoms with Gasteiger partial charge in [0.1, 0.15) is 5.52 Å². The summed E-state index contributed by atoms with van der Waals surface area (Å²) in [7, 11) is 0. The molecule has 19 heavy (non-hydrogen) atoms. The van der Waals surface area contributed by atoms with Gasteiger partial charge in [-0.2, -0.15) is 17.7 Å². The van der Waals surface area contributed by atoms with Gasteiger partial charge in [-0.3, -0.25) is 4.79 Å². The fraction of sp³-hybridized carbons (Fsp3) is 0.571. The molecule has 2 aromatic heterocycles. The normalized spacial score (nSPS) is 12.2. The van der Waals surface area contributed by atoms with E-state index in [-0.39, 0.29) is 11.0 Å². The van der Waals surface area contributed by atoms with Gasteiger partial charge in [-0.1, -0.05) is 13.8 Å². The minimum absolute atomic E-state index is 0.0242. The zero-order valence-corrected chi connectivity index (χ0v) is 12.7. The molecule has 0 spiro atoms. The fourth-order valence-electron chi connectivity index (χ4n) is 2.38. The zero-order valence-electron chi connectivity index (χ0n) is 11.8. The Kier molecular flexibility index (Phi) is 4.04. The Morgan fingerprint density at radius 3 is 2.58 bits per heavy atom. The molecule has 0 aliphatic rings. The van der Waals surface area contributed by atoms with Crippen molar-refractivity contribution in [1.82, 2.24) is 14.2 Å². The number of aryl methyl sites for hydroxylation is 1. The molecule has 0 aliphatic heterocycles. The number of thiol groups is 1. The van der Waals surface area contributed by atoms with Gasteiger partial charge in [-0.15, -0.1) is 0 Å². The van der Waals surface area contributed by atoms with E-state index in [0.29, 0.717) is 12.1 Å². The molecule has 5 heteroatoms. The number of hydrogen-bond acceptors (Lipinski definition) is 3. The molecule has 0 N–H and O–H groups in total. The maximum absolute atomic E-state index is 12.4. The largest absolute Gasteiger partial charge is 0.312 e. The van der Waals surface area contributed by atoms with Crippen LogP contribution < -0.4 is 5.56 Å². The first kappa shape index (κ1) is 14.2. The van der Waals surface area contributed by atoms with E-state index in [1.54, 1.807) is 9.08 Å². The molecule has 0 amide bonds. The maximum atomic E-state index is 12.4. The van der Waals surface area contributed by atoms with E-state index in [0.717, 1.165) is 24.3 Å². The Hall–Kier alpha value is -1.23. The quantitative estimate of drug-likeness (QED) is 0.854. The number of hydrogen-bond donors (Lipinski definition) is 1. The standard InChI is InChI=1S/C14H21N3OS/c1-4-14(5-2,10-19)9-16-6-7-17-12(13(16)18)8-11(3)15-17/h6-8,19H,4-5,9-10H2,1-3H3. The third-order valence-corrected chi connectivity index (χ3v) is 4.74. The second-order valence-corrected chi connectivity index (χ2v) is 5.53. The second kappa shape index (κ2) is 5.41. The van der Waals surface area contributed by atoms with Gasteiger partial charge in [0, 0.05) is 18.9 Å². The monoisotopic (exact) mass is 279 g/mol. The average Bonchev–Trinajstić information content (AvgIpc) is 2.80. The van der Waals surface area contributed by atoms with Gasteiger partial charge < -0.3 is 4.57 Å². The smallest absolute Gasteiger partial charge is 0.276 e. The first-order valence-corrected chi connectivity index (χ1v) is 7.35. The van der Waals surface area contributed by atoms with Crippen molar-refractivity contribution in [3.8, 4) is 0 Å². The molecule has 2 aromatic rings. The lowest BCUT2D eigenvalue weighted by molar-refractivity contribution is 0.255. The summed E-state index contributed by atoms with van der Waals surface area (Å²) in [5.41, 5.74) is 1.61. The summed E-state index contributed by atoms with van der Waals surface area (Å²) in [6, 6.07) is 1.83. The number of rotatable bonds is 5. The van der Waals surface area contributed by atoms with Crippen LogP contribution in [0.4, 0.5) is 0 Å².